The van der Waals surface area contributed by atoms with Crippen LogP contribution in [0.15, 0.2) is 0 Å². The highest BCUT2D eigenvalue weighted by Crippen LogP contribution is 2.17. The van der Waals surface area contributed by atoms with E-state index in [0.717, 1.165) is 19.4 Å². The molecule has 1 fully saturated rings. The molecule has 0 aromatic rings. The van der Waals surface area contributed by atoms with Gasteiger partial charge < -0.3 is 10.2 Å². The highest BCUT2D eigenvalue weighted by Gasteiger charge is 2.30. The van der Waals surface area contributed by atoms with Gasteiger partial charge in [0.15, 0.2) is 5.78 Å². The van der Waals surface area contributed by atoms with Gasteiger partial charge >= 0.3 is 0 Å². The summed E-state index contributed by atoms with van der Waals surface area (Å²) in [5, 5.41) is 2.80. The number of hydrogen-bond donors (Lipinski definition) is 1. The molecule has 1 N–H and O–H groups in total. The first kappa shape index (κ1) is 10.2. The number of nitrogens with one attached hydrogen (secondary N) is 1. The quantitative estimate of drug-likeness (QED) is 0.660. The second kappa shape index (κ2) is 4.37. The zero-order valence-electron chi connectivity index (χ0n) is 8.17. The second-order valence-electron chi connectivity index (χ2n) is 3.39. The summed E-state index contributed by atoms with van der Waals surface area (Å²) in [6, 6.07) is -0.166. The molecule has 0 aliphatic carbocycles. The minimum Gasteiger partial charge on any atom is -0.332 e. The largest absolute Gasteiger partial charge is 0.332 e. The molecule has 1 saturated heterocycles. The number of ketones is 1. The van der Waals surface area contributed by atoms with Crippen molar-refractivity contribution in [1.82, 2.24) is 10.2 Å². The summed E-state index contributed by atoms with van der Waals surface area (Å²) in [5.41, 5.74) is 0. The molecule has 4 heteroatoms. The summed E-state index contributed by atoms with van der Waals surface area (Å²) in [7, 11) is 1.73. The van der Waals surface area contributed by atoms with Crippen LogP contribution in [0.25, 0.3) is 0 Å². The maximum atomic E-state index is 11.5. The molecular formula is C9H16N2O2. The fraction of sp³-hybridized carbons (Fsp3) is 0.778. The fourth-order valence-corrected chi connectivity index (χ4v) is 1.74. The van der Waals surface area contributed by atoms with Crippen molar-refractivity contribution < 1.29 is 9.59 Å². The average Bonchev–Trinajstić information content (AvgIpc) is 2.52. The van der Waals surface area contributed by atoms with Crippen molar-refractivity contribution in [2.24, 2.45) is 0 Å². The van der Waals surface area contributed by atoms with Gasteiger partial charge in [-0.1, -0.05) is 0 Å². The molecule has 4 nitrogen and oxygen atoms in total. The molecule has 1 aliphatic heterocycles. The molecule has 1 amide bonds. The van der Waals surface area contributed by atoms with E-state index in [1.54, 1.807) is 18.9 Å². The van der Waals surface area contributed by atoms with Crippen LogP contribution in [-0.2, 0) is 9.59 Å². The van der Waals surface area contributed by atoms with Crippen LogP contribution in [0.3, 0.4) is 0 Å². The van der Waals surface area contributed by atoms with Gasteiger partial charge in [0.1, 0.15) is 0 Å². The predicted octanol–water partition coefficient (Wildman–Crippen LogP) is -0.214. The number of hydrogen-bond acceptors (Lipinski definition) is 3. The highest BCUT2D eigenvalue weighted by molar-refractivity contribution is 5.88. The first-order valence-corrected chi connectivity index (χ1v) is 4.61. The topological polar surface area (TPSA) is 49.4 Å². The third kappa shape index (κ3) is 2.28. The standard InChI is InChI=1S/C9H16N2O2/c1-7(12)8-4-3-5-11(8)9(13)6-10-2/h8,10H,3-6H2,1-2H3/t8-/m1/s1. The lowest BCUT2D eigenvalue weighted by Crippen LogP contribution is -2.43. The Labute approximate surface area is 78.3 Å². The van der Waals surface area contributed by atoms with Crippen molar-refractivity contribution in [3.8, 4) is 0 Å². The normalized spacial score (nSPS) is 22.0. The van der Waals surface area contributed by atoms with Crippen molar-refractivity contribution in [1.29, 1.82) is 0 Å². The minimum atomic E-state index is -0.166. The minimum absolute atomic E-state index is 0.0280. The monoisotopic (exact) mass is 184 g/mol. The Morgan fingerprint density at radius 1 is 1.54 bits per heavy atom. The highest BCUT2D eigenvalue weighted by atomic mass is 16.2. The first-order valence-electron chi connectivity index (χ1n) is 4.61. The fourth-order valence-electron chi connectivity index (χ4n) is 1.74. The molecule has 1 atom stereocenters. The predicted molar refractivity (Wildman–Crippen MR) is 49.3 cm³/mol. The van der Waals surface area contributed by atoms with Crippen LogP contribution in [-0.4, -0.2) is 42.8 Å². The summed E-state index contributed by atoms with van der Waals surface area (Å²) in [4.78, 5) is 24.3. The molecule has 0 aromatic carbocycles. The second-order valence-corrected chi connectivity index (χ2v) is 3.39. The van der Waals surface area contributed by atoms with Crippen LogP contribution in [0.2, 0.25) is 0 Å². The Hall–Kier alpha value is -0.900. The Bertz CT molecular complexity index is 216. The van der Waals surface area contributed by atoms with Gasteiger partial charge in [-0.2, -0.15) is 0 Å². The molecule has 1 aliphatic rings. The Balaban J connectivity index is 2.57. The van der Waals surface area contributed by atoms with Crippen molar-refractivity contribution >= 4 is 11.7 Å². The molecule has 0 radical (unpaired) electrons. The number of likely N-dealkylation sites (tertiary alicyclic amines) is 1. The average molecular weight is 184 g/mol. The van der Waals surface area contributed by atoms with E-state index in [2.05, 4.69) is 5.32 Å². The summed E-state index contributed by atoms with van der Waals surface area (Å²) < 4.78 is 0. The molecule has 1 rings (SSSR count). The van der Waals surface area contributed by atoms with Crippen molar-refractivity contribution in [3.63, 3.8) is 0 Å². The molecule has 0 unspecified atom stereocenters. The van der Waals surface area contributed by atoms with E-state index in [9.17, 15) is 9.59 Å². The molecule has 0 bridgehead atoms. The SMILES string of the molecule is CNCC(=O)N1CCC[C@@H]1C(C)=O. The molecule has 0 aromatic heterocycles. The van der Waals surface area contributed by atoms with Crippen LogP contribution >= 0.6 is 0 Å². The van der Waals surface area contributed by atoms with Gasteiger partial charge in [0.05, 0.1) is 12.6 Å². The number of nitrogens with zero attached hydrogens (tertiary/aromatic N) is 1. The Morgan fingerprint density at radius 2 is 2.23 bits per heavy atom. The van der Waals surface area contributed by atoms with Crippen molar-refractivity contribution in [2.75, 3.05) is 20.1 Å². The molecular weight excluding hydrogens is 168 g/mol. The summed E-state index contributed by atoms with van der Waals surface area (Å²) in [5.74, 6) is 0.127. The first-order chi connectivity index (χ1) is 6.16. The Kier molecular flexibility index (Phi) is 3.42. The van der Waals surface area contributed by atoms with E-state index < -0.39 is 0 Å². The van der Waals surface area contributed by atoms with Gasteiger partial charge in [-0.15, -0.1) is 0 Å². The van der Waals surface area contributed by atoms with Crippen LogP contribution in [0.1, 0.15) is 19.8 Å². The van der Waals surface area contributed by atoms with Gasteiger partial charge in [-0.25, -0.2) is 0 Å². The number of likely N-dealkylation sites (N-methyl/N-ethyl adjacent to an activating group) is 1. The van der Waals surface area contributed by atoms with Crippen LogP contribution < -0.4 is 5.32 Å². The molecule has 13 heavy (non-hydrogen) atoms. The smallest absolute Gasteiger partial charge is 0.237 e. The van der Waals surface area contributed by atoms with Crippen molar-refractivity contribution in [2.45, 2.75) is 25.8 Å². The summed E-state index contributed by atoms with van der Waals surface area (Å²) in [6.45, 7) is 2.60. The number of amides is 1. The van der Waals surface area contributed by atoms with Gasteiger partial charge in [0.25, 0.3) is 0 Å². The third-order valence-electron chi connectivity index (χ3n) is 2.37. The number of Topliss-reactive ketones (excluding diaryl/α,β-unsaturated/α-hetero) is 1. The number of rotatable bonds is 3. The lowest BCUT2D eigenvalue weighted by molar-refractivity contribution is -0.136. The molecule has 1 heterocycles. The zero-order chi connectivity index (χ0) is 9.84. The summed E-state index contributed by atoms with van der Waals surface area (Å²) in [6.07, 6.45) is 1.77. The van der Waals surface area contributed by atoms with E-state index in [1.807, 2.05) is 0 Å². The van der Waals surface area contributed by atoms with Gasteiger partial charge in [0, 0.05) is 6.54 Å². The van der Waals surface area contributed by atoms with E-state index in [4.69, 9.17) is 0 Å². The molecule has 0 saturated carbocycles. The zero-order valence-corrected chi connectivity index (χ0v) is 8.17. The Morgan fingerprint density at radius 3 is 2.77 bits per heavy atom. The van der Waals surface area contributed by atoms with E-state index in [-0.39, 0.29) is 17.7 Å². The van der Waals surface area contributed by atoms with Crippen LogP contribution in [0, 0.1) is 0 Å². The van der Waals surface area contributed by atoms with Crippen LogP contribution in [0.4, 0.5) is 0 Å². The van der Waals surface area contributed by atoms with Gasteiger partial charge in [-0.3, -0.25) is 9.59 Å². The molecule has 74 valence electrons. The van der Waals surface area contributed by atoms with Crippen molar-refractivity contribution in [3.05, 3.63) is 0 Å². The molecule has 0 spiro atoms. The lowest BCUT2D eigenvalue weighted by atomic mass is 10.1. The van der Waals surface area contributed by atoms with Gasteiger partial charge in [-0.05, 0) is 26.8 Å². The van der Waals surface area contributed by atoms with Crippen LogP contribution in [0.5, 0.6) is 0 Å². The van der Waals surface area contributed by atoms with E-state index in [1.165, 1.54) is 0 Å². The van der Waals surface area contributed by atoms with Gasteiger partial charge in [0.2, 0.25) is 5.91 Å². The van der Waals surface area contributed by atoms with E-state index in [0.29, 0.717) is 6.54 Å². The maximum absolute atomic E-state index is 11.5. The number of carbonyl (C=O) groups is 2. The number of carbonyl (C=O) groups excluding carboxylic acids is 2. The lowest BCUT2D eigenvalue weighted by Gasteiger charge is -2.22. The summed E-state index contributed by atoms with van der Waals surface area (Å²) >= 11 is 0. The third-order valence-corrected chi connectivity index (χ3v) is 2.37. The van der Waals surface area contributed by atoms with E-state index >= 15 is 0 Å². The maximum Gasteiger partial charge on any atom is 0.237 e.